The molecule has 144 valence electrons. The first-order valence-electron chi connectivity index (χ1n) is 9.40. The van der Waals surface area contributed by atoms with Crippen molar-refractivity contribution in [3.63, 3.8) is 0 Å². The molecule has 1 spiro atoms. The summed E-state index contributed by atoms with van der Waals surface area (Å²) in [6, 6.07) is 7.17. The van der Waals surface area contributed by atoms with Crippen LogP contribution in [0.4, 0.5) is 0 Å². The van der Waals surface area contributed by atoms with Crippen molar-refractivity contribution in [3.05, 3.63) is 53.6 Å². The number of esters is 1. The van der Waals surface area contributed by atoms with E-state index in [-0.39, 0.29) is 11.4 Å². The fourth-order valence-electron chi connectivity index (χ4n) is 4.69. The van der Waals surface area contributed by atoms with Gasteiger partial charge in [-0.2, -0.15) is 4.89 Å². The molecule has 3 aliphatic heterocycles. The van der Waals surface area contributed by atoms with Crippen molar-refractivity contribution in [2.75, 3.05) is 7.11 Å². The highest BCUT2D eigenvalue weighted by molar-refractivity contribution is 5.89. The Morgan fingerprint density at radius 2 is 1.81 bits per heavy atom. The quantitative estimate of drug-likeness (QED) is 0.447. The number of rotatable bonds is 3. The molecule has 2 bridgehead atoms. The van der Waals surface area contributed by atoms with E-state index in [0.29, 0.717) is 5.56 Å². The summed E-state index contributed by atoms with van der Waals surface area (Å²) >= 11 is 0. The first-order valence-corrected chi connectivity index (χ1v) is 9.40. The Morgan fingerprint density at radius 1 is 1.07 bits per heavy atom. The molecule has 1 aromatic carbocycles. The molecule has 0 aromatic heterocycles. The van der Waals surface area contributed by atoms with Crippen LogP contribution >= 0.6 is 0 Å². The zero-order chi connectivity index (χ0) is 19.3. The first-order chi connectivity index (χ1) is 12.7. The van der Waals surface area contributed by atoms with E-state index < -0.39 is 17.0 Å². The van der Waals surface area contributed by atoms with Crippen LogP contribution in [-0.4, -0.2) is 30.1 Å². The smallest absolute Gasteiger partial charge is 0.337 e. The zero-order valence-electron chi connectivity index (χ0n) is 16.3. The molecule has 1 saturated heterocycles. The van der Waals surface area contributed by atoms with E-state index in [1.54, 1.807) is 12.1 Å². The standard InChI is InChI=1S/C22H26O5/c1-19(2)11-5-12-20(3)22(19)15-14-21(25-20,26-27-22)13-10-16-6-8-17(9-7-16)18(23)24-4/h6-10,13-15H,5,11-12H2,1-4H3/b13-10+/t20-,21+,22+/m0/s1. The lowest BCUT2D eigenvalue weighted by molar-refractivity contribution is -0.540. The van der Waals surface area contributed by atoms with Crippen LogP contribution in [0.2, 0.25) is 0 Å². The Kier molecular flexibility index (Phi) is 4.11. The van der Waals surface area contributed by atoms with Crippen molar-refractivity contribution >= 4 is 12.0 Å². The van der Waals surface area contributed by atoms with Gasteiger partial charge in [0, 0.05) is 5.41 Å². The van der Waals surface area contributed by atoms with Crippen LogP contribution in [-0.2, 0) is 19.2 Å². The fourth-order valence-corrected chi connectivity index (χ4v) is 4.69. The van der Waals surface area contributed by atoms with Gasteiger partial charge in [0.15, 0.2) is 5.60 Å². The molecule has 1 aromatic rings. The van der Waals surface area contributed by atoms with E-state index in [1.807, 2.05) is 30.4 Å². The molecule has 5 rings (SSSR count). The summed E-state index contributed by atoms with van der Waals surface area (Å²) < 4.78 is 11.2. The lowest BCUT2D eigenvalue weighted by atomic mass is 9.57. The highest BCUT2D eigenvalue weighted by atomic mass is 17.3. The van der Waals surface area contributed by atoms with Crippen LogP contribution in [0, 0.1) is 5.41 Å². The average molecular weight is 370 g/mol. The number of ether oxygens (including phenoxy) is 2. The Morgan fingerprint density at radius 3 is 2.44 bits per heavy atom. The lowest BCUT2D eigenvalue weighted by Gasteiger charge is -2.64. The first kappa shape index (κ1) is 18.4. The number of hydrogen-bond donors (Lipinski definition) is 0. The van der Waals surface area contributed by atoms with Crippen LogP contribution < -0.4 is 0 Å². The summed E-state index contributed by atoms with van der Waals surface area (Å²) in [5.74, 6) is -1.39. The van der Waals surface area contributed by atoms with Crippen molar-refractivity contribution in [1.82, 2.24) is 0 Å². The zero-order valence-corrected chi connectivity index (χ0v) is 16.3. The van der Waals surface area contributed by atoms with E-state index in [4.69, 9.17) is 19.2 Å². The molecule has 5 nitrogen and oxygen atoms in total. The number of benzene rings is 1. The van der Waals surface area contributed by atoms with Gasteiger partial charge in [-0.25, -0.2) is 9.68 Å². The predicted octanol–water partition coefficient (Wildman–Crippen LogP) is 4.44. The largest absolute Gasteiger partial charge is 0.465 e. The summed E-state index contributed by atoms with van der Waals surface area (Å²) in [7, 11) is 1.37. The van der Waals surface area contributed by atoms with Crippen molar-refractivity contribution in [3.8, 4) is 0 Å². The number of hydrogen-bond acceptors (Lipinski definition) is 5. The summed E-state index contributed by atoms with van der Waals surface area (Å²) in [6.07, 6.45) is 10.9. The van der Waals surface area contributed by atoms with Crippen molar-refractivity contribution in [1.29, 1.82) is 0 Å². The average Bonchev–Trinajstić information content (AvgIpc) is 2.66. The number of fused-ring (bicyclic) bond motifs is 1. The van der Waals surface area contributed by atoms with Gasteiger partial charge in [-0.1, -0.05) is 32.1 Å². The van der Waals surface area contributed by atoms with Crippen molar-refractivity contribution in [2.24, 2.45) is 5.41 Å². The Bertz CT molecular complexity index is 808. The Balaban J connectivity index is 1.61. The molecule has 1 aliphatic carbocycles. The highest BCUT2D eigenvalue weighted by Crippen LogP contribution is 2.60. The van der Waals surface area contributed by atoms with Gasteiger partial charge in [0.2, 0.25) is 5.79 Å². The van der Waals surface area contributed by atoms with Crippen LogP contribution in [0.3, 0.4) is 0 Å². The van der Waals surface area contributed by atoms with Gasteiger partial charge >= 0.3 is 5.97 Å². The lowest BCUT2D eigenvalue weighted by Crippen LogP contribution is -2.73. The molecule has 0 N–H and O–H groups in total. The topological polar surface area (TPSA) is 54.0 Å². The van der Waals surface area contributed by atoms with E-state index in [1.165, 1.54) is 7.11 Å². The van der Waals surface area contributed by atoms with Gasteiger partial charge in [0.25, 0.3) is 0 Å². The summed E-state index contributed by atoms with van der Waals surface area (Å²) in [4.78, 5) is 23.3. The SMILES string of the molecule is COC(=O)c1ccc(/C=C/[C@]23C=C[C@@]4(OO2)C(C)(C)CCC[C@]4(C)O3)cc1. The minimum absolute atomic E-state index is 0.0729. The van der Waals surface area contributed by atoms with Gasteiger partial charge in [-0.05, 0) is 62.1 Å². The van der Waals surface area contributed by atoms with E-state index in [2.05, 4.69) is 26.8 Å². The second-order valence-electron chi connectivity index (χ2n) is 8.47. The molecule has 3 heterocycles. The third kappa shape index (κ3) is 2.68. The maximum Gasteiger partial charge on any atom is 0.337 e. The maximum absolute atomic E-state index is 11.5. The molecule has 0 radical (unpaired) electrons. The van der Waals surface area contributed by atoms with Gasteiger partial charge < -0.3 is 9.47 Å². The van der Waals surface area contributed by atoms with Gasteiger partial charge in [0.1, 0.15) is 5.60 Å². The predicted molar refractivity (Wildman–Crippen MR) is 101 cm³/mol. The molecule has 4 aliphatic rings. The van der Waals surface area contributed by atoms with Gasteiger partial charge in [-0.15, -0.1) is 0 Å². The fraction of sp³-hybridized carbons (Fsp3) is 0.500. The summed E-state index contributed by atoms with van der Waals surface area (Å²) in [6.45, 7) is 6.53. The van der Waals surface area contributed by atoms with Crippen LogP contribution in [0.1, 0.15) is 56.0 Å². The molecule has 27 heavy (non-hydrogen) atoms. The van der Waals surface area contributed by atoms with E-state index in [0.717, 1.165) is 24.8 Å². The summed E-state index contributed by atoms with van der Waals surface area (Å²) in [5.41, 5.74) is 0.350. The molecule has 2 fully saturated rings. The second kappa shape index (κ2) is 6.03. The van der Waals surface area contributed by atoms with Crippen LogP contribution in [0.25, 0.3) is 6.08 Å². The highest BCUT2D eigenvalue weighted by Gasteiger charge is 2.68. The Labute approximate surface area is 159 Å². The van der Waals surface area contributed by atoms with Gasteiger partial charge in [-0.3, -0.25) is 0 Å². The minimum atomic E-state index is -1.04. The number of carbonyl (C=O) groups excluding carboxylic acids is 1. The minimum Gasteiger partial charge on any atom is -0.465 e. The molecule has 3 atom stereocenters. The van der Waals surface area contributed by atoms with Crippen LogP contribution in [0.5, 0.6) is 0 Å². The van der Waals surface area contributed by atoms with Crippen molar-refractivity contribution < 1.29 is 24.0 Å². The third-order valence-electron chi connectivity index (χ3n) is 6.33. The molecule has 1 saturated carbocycles. The van der Waals surface area contributed by atoms with Crippen molar-refractivity contribution in [2.45, 2.75) is 57.0 Å². The second-order valence-corrected chi connectivity index (χ2v) is 8.47. The molecule has 5 heteroatoms. The van der Waals surface area contributed by atoms with Gasteiger partial charge in [0.05, 0.1) is 12.7 Å². The summed E-state index contributed by atoms with van der Waals surface area (Å²) in [5, 5.41) is 0. The molecule has 0 amide bonds. The number of methoxy groups -OCH3 is 1. The molecular weight excluding hydrogens is 344 g/mol. The van der Waals surface area contributed by atoms with E-state index in [9.17, 15) is 4.79 Å². The van der Waals surface area contributed by atoms with Crippen LogP contribution in [0.15, 0.2) is 42.5 Å². The van der Waals surface area contributed by atoms with E-state index >= 15 is 0 Å². The third-order valence-corrected chi connectivity index (χ3v) is 6.33. The monoisotopic (exact) mass is 370 g/mol. The maximum atomic E-state index is 11.5. The normalized spacial score (nSPS) is 36.6. The Hall–Kier alpha value is -1.95. The molecule has 0 unspecified atom stereocenters. The molecular formula is C22H26O5. The number of carbonyl (C=O) groups is 1.